The SMILES string of the molecule is CCOc1ccc(Nc2ccc(C(=C3C=CC(=[N+](CC)Cc4cccc(S(=O)(=O)O)c4)C=C3)c3ccc(N(CC)Cc4cccc(S(=O)(=O)O)c4)cc3C)cc2)cc1. The monoisotopic (exact) mass is 818 g/mol. The van der Waals surface area contributed by atoms with Gasteiger partial charge in [0.2, 0.25) is 0 Å². The van der Waals surface area contributed by atoms with Crippen molar-refractivity contribution in [1.29, 1.82) is 0 Å². The highest BCUT2D eigenvalue weighted by molar-refractivity contribution is 7.86. The van der Waals surface area contributed by atoms with E-state index in [1.54, 1.807) is 12.1 Å². The predicted molar refractivity (Wildman–Crippen MR) is 232 cm³/mol. The van der Waals surface area contributed by atoms with Crippen LogP contribution in [0.15, 0.2) is 155 Å². The first-order chi connectivity index (χ1) is 27.7. The van der Waals surface area contributed by atoms with Crippen molar-refractivity contribution in [3.63, 3.8) is 0 Å². The Hall–Kier alpha value is -5.79. The third-order valence-corrected chi connectivity index (χ3v) is 11.6. The quantitative estimate of drug-likeness (QED) is 0.0698. The van der Waals surface area contributed by atoms with Gasteiger partial charge in [-0.25, -0.2) is 4.58 Å². The standard InChI is InChI=1S/C46H47N3O7S2/c1-5-48(31-34-10-8-12-43(29-34)57(50,51)52)40-22-16-37(17-23-40)46(36-14-18-38(19-15-36)47-39-20-25-42(26-21-39)56-7-3)45-27-24-41(28-33(45)4)49(6-2)32-35-11-9-13-44(30-35)58(53,54)55/h8-30H,5-7,31-32H2,1-4H3,(H2,50,51,52,53,54,55)/p+1. The summed E-state index contributed by atoms with van der Waals surface area (Å²) in [5.41, 5.74) is 10.5. The second-order valence-corrected chi connectivity index (χ2v) is 16.7. The van der Waals surface area contributed by atoms with E-state index in [1.807, 2.05) is 57.2 Å². The third-order valence-electron chi connectivity index (χ3n) is 9.90. The van der Waals surface area contributed by atoms with Crippen LogP contribution in [0.3, 0.4) is 0 Å². The lowest BCUT2D eigenvalue weighted by atomic mass is 9.88. The Morgan fingerprint density at radius 3 is 1.84 bits per heavy atom. The smallest absolute Gasteiger partial charge is 0.294 e. The van der Waals surface area contributed by atoms with Gasteiger partial charge in [-0.15, -0.1) is 0 Å². The lowest BCUT2D eigenvalue weighted by Gasteiger charge is -2.25. The van der Waals surface area contributed by atoms with Crippen molar-refractivity contribution >= 4 is 48.6 Å². The number of allylic oxidation sites excluding steroid dienone is 5. The number of nitrogens with zero attached hydrogens (tertiary/aromatic N) is 2. The van der Waals surface area contributed by atoms with E-state index in [0.29, 0.717) is 32.8 Å². The number of benzene rings is 5. The van der Waals surface area contributed by atoms with Gasteiger partial charge in [0.25, 0.3) is 20.2 Å². The van der Waals surface area contributed by atoms with Crippen molar-refractivity contribution < 1.29 is 35.3 Å². The molecular formula is C46H48N3O7S2+. The summed E-state index contributed by atoms with van der Waals surface area (Å²) in [6.45, 7) is 11.0. The first-order valence-corrected chi connectivity index (χ1v) is 21.9. The molecule has 300 valence electrons. The van der Waals surface area contributed by atoms with Gasteiger partial charge in [0.05, 0.1) is 16.4 Å². The highest BCUT2D eigenvalue weighted by Gasteiger charge is 2.19. The van der Waals surface area contributed by atoms with Crippen molar-refractivity contribution in [1.82, 2.24) is 0 Å². The number of aryl methyl sites for hydroxylation is 1. The van der Waals surface area contributed by atoms with E-state index >= 15 is 0 Å². The Morgan fingerprint density at radius 2 is 1.29 bits per heavy atom. The van der Waals surface area contributed by atoms with Crippen LogP contribution in [0.2, 0.25) is 0 Å². The predicted octanol–water partition coefficient (Wildman–Crippen LogP) is 9.26. The Balaban J connectivity index is 1.35. The molecule has 5 aromatic carbocycles. The molecule has 0 fully saturated rings. The highest BCUT2D eigenvalue weighted by Crippen LogP contribution is 2.35. The molecule has 0 saturated carbocycles. The van der Waals surface area contributed by atoms with Gasteiger partial charge in [-0.1, -0.05) is 42.5 Å². The Kier molecular flexibility index (Phi) is 13.1. The van der Waals surface area contributed by atoms with Gasteiger partial charge in [0.1, 0.15) is 12.3 Å². The summed E-state index contributed by atoms with van der Waals surface area (Å²) in [5, 5.41) is 3.48. The van der Waals surface area contributed by atoms with Crippen LogP contribution in [-0.2, 0) is 33.3 Å². The van der Waals surface area contributed by atoms with Crippen molar-refractivity contribution in [2.24, 2.45) is 0 Å². The van der Waals surface area contributed by atoms with E-state index < -0.39 is 20.2 Å². The minimum Gasteiger partial charge on any atom is -0.494 e. The summed E-state index contributed by atoms with van der Waals surface area (Å²) in [6, 6.07) is 35.2. The summed E-state index contributed by atoms with van der Waals surface area (Å²) in [4.78, 5) is 1.89. The summed E-state index contributed by atoms with van der Waals surface area (Å²) in [7, 11) is -8.64. The van der Waals surface area contributed by atoms with Crippen LogP contribution in [-0.4, -0.2) is 55.9 Å². The van der Waals surface area contributed by atoms with Crippen LogP contribution in [0.1, 0.15) is 48.6 Å². The van der Waals surface area contributed by atoms with E-state index in [9.17, 15) is 25.9 Å². The Labute approximate surface area is 341 Å². The fourth-order valence-corrected chi connectivity index (χ4v) is 8.05. The minimum atomic E-state index is -4.32. The maximum Gasteiger partial charge on any atom is 0.294 e. The number of ether oxygens (including phenoxy) is 1. The molecule has 10 nitrogen and oxygen atoms in total. The third kappa shape index (κ3) is 10.4. The van der Waals surface area contributed by atoms with Crippen LogP contribution < -0.4 is 15.0 Å². The molecular weight excluding hydrogens is 771 g/mol. The number of rotatable bonds is 15. The van der Waals surface area contributed by atoms with Gasteiger partial charge < -0.3 is 15.0 Å². The summed E-state index contributed by atoms with van der Waals surface area (Å²) >= 11 is 0. The zero-order chi connectivity index (χ0) is 41.5. The number of anilines is 3. The molecule has 0 bridgehead atoms. The molecule has 1 aliphatic rings. The van der Waals surface area contributed by atoms with Gasteiger partial charge >= 0.3 is 0 Å². The number of nitrogens with one attached hydrogen (secondary N) is 1. The van der Waals surface area contributed by atoms with Crippen molar-refractivity contribution in [3.05, 3.63) is 173 Å². The molecule has 58 heavy (non-hydrogen) atoms. The molecule has 0 atom stereocenters. The van der Waals surface area contributed by atoms with Crippen LogP contribution in [0.4, 0.5) is 17.1 Å². The van der Waals surface area contributed by atoms with E-state index in [0.717, 1.165) is 67.5 Å². The molecule has 3 N–H and O–H groups in total. The van der Waals surface area contributed by atoms with Crippen LogP contribution in [0.5, 0.6) is 5.75 Å². The lowest BCUT2D eigenvalue weighted by Crippen LogP contribution is -2.22. The van der Waals surface area contributed by atoms with Gasteiger partial charge in [-0.3, -0.25) is 9.11 Å². The summed E-state index contributed by atoms with van der Waals surface area (Å²) in [5.74, 6) is 0.817. The molecule has 0 unspecified atom stereocenters. The summed E-state index contributed by atoms with van der Waals surface area (Å²) in [6.07, 6.45) is 8.33. The highest BCUT2D eigenvalue weighted by atomic mass is 32.2. The van der Waals surface area contributed by atoms with Crippen LogP contribution >= 0.6 is 0 Å². The average Bonchev–Trinajstić information content (AvgIpc) is 3.21. The topological polar surface area (TPSA) is 136 Å². The van der Waals surface area contributed by atoms with Gasteiger partial charge in [0, 0.05) is 47.9 Å². The van der Waals surface area contributed by atoms with E-state index in [1.165, 1.54) is 24.3 Å². The number of hydrogen-bond acceptors (Lipinski definition) is 7. The van der Waals surface area contributed by atoms with E-state index in [4.69, 9.17) is 4.74 Å². The zero-order valence-corrected chi connectivity index (χ0v) is 34.6. The van der Waals surface area contributed by atoms with Crippen LogP contribution in [0, 0.1) is 6.92 Å². The maximum absolute atomic E-state index is 11.8. The molecule has 0 heterocycles. The molecule has 0 saturated heterocycles. The van der Waals surface area contributed by atoms with E-state index in [2.05, 4.69) is 88.5 Å². The molecule has 0 radical (unpaired) electrons. The Bertz CT molecular complexity index is 2610. The van der Waals surface area contributed by atoms with Gasteiger partial charge in [0.15, 0.2) is 12.3 Å². The van der Waals surface area contributed by atoms with Gasteiger partial charge in [-0.2, -0.15) is 16.8 Å². The second-order valence-electron chi connectivity index (χ2n) is 13.9. The minimum absolute atomic E-state index is 0.132. The fraction of sp³-hybridized carbons (Fsp3) is 0.196. The van der Waals surface area contributed by atoms with Crippen molar-refractivity contribution in [2.45, 2.75) is 50.6 Å². The largest absolute Gasteiger partial charge is 0.494 e. The zero-order valence-electron chi connectivity index (χ0n) is 33.0. The molecule has 0 aliphatic heterocycles. The van der Waals surface area contributed by atoms with Crippen molar-refractivity contribution in [2.75, 3.05) is 29.9 Å². The molecule has 0 spiro atoms. The molecule has 5 aromatic rings. The molecule has 12 heteroatoms. The molecule has 0 aromatic heterocycles. The van der Waals surface area contributed by atoms with E-state index in [-0.39, 0.29) is 9.79 Å². The maximum atomic E-state index is 11.8. The molecule has 0 amide bonds. The van der Waals surface area contributed by atoms with Crippen LogP contribution in [0.25, 0.3) is 5.57 Å². The Morgan fingerprint density at radius 1 is 0.707 bits per heavy atom. The normalized spacial score (nSPS) is 12.7. The van der Waals surface area contributed by atoms with Gasteiger partial charge in [-0.05, 0) is 146 Å². The molecule has 1 aliphatic carbocycles. The first-order valence-electron chi connectivity index (χ1n) is 19.1. The summed E-state index contributed by atoms with van der Waals surface area (Å²) < 4.78 is 74.1. The average molecular weight is 819 g/mol. The van der Waals surface area contributed by atoms with Crippen molar-refractivity contribution in [3.8, 4) is 5.75 Å². The first kappa shape index (κ1) is 41.8. The number of hydrogen-bond donors (Lipinski definition) is 3. The lowest BCUT2D eigenvalue weighted by molar-refractivity contribution is -0.539. The fourth-order valence-electron chi connectivity index (χ4n) is 6.95. The second kappa shape index (κ2) is 18.2. The molecule has 6 rings (SSSR count).